The molecule has 4 bridgehead atoms. The van der Waals surface area contributed by atoms with Crippen LogP contribution < -0.4 is 18.9 Å². The summed E-state index contributed by atoms with van der Waals surface area (Å²) < 4.78 is 27.1. The van der Waals surface area contributed by atoms with E-state index in [-0.39, 0.29) is 0 Å². The van der Waals surface area contributed by atoms with E-state index in [4.69, 9.17) is 18.9 Å². The third kappa shape index (κ3) is 4.37. The second kappa shape index (κ2) is 11.0. The summed E-state index contributed by atoms with van der Waals surface area (Å²) in [5, 5.41) is 4.42. The molecule has 0 aliphatic carbocycles. The van der Waals surface area contributed by atoms with Crippen LogP contribution in [0.1, 0.15) is 22.3 Å². The molecule has 0 unspecified atom stereocenters. The van der Waals surface area contributed by atoms with Crippen LogP contribution in [0.5, 0.6) is 23.0 Å². The van der Waals surface area contributed by atoms with Crippen molar-refractivity contribution in [2.24, 2.45) is 0 Å². The predicted octanol–water partition coefficient (Wildman–Crippen LogP) is 10.3. The van der Waals surface area contributed by atoms with Crippen molar-refractivity contribution in [3.05, 3.63) is 156 Å². The maximum Gasteiger partial charge on any atom is 0.131 e. The predicted molar refractivity (Wildman–Crippen MR) is 183 cm³/mol. The van der Waals surface area contributed by atoms with Gasteiger partial charge in [0.2, 0.25) is 0 Å². The molecule has 0 aromatic heterocycles. The first-order valence-corrected chi connectivity index (χ1v) is 15.7. The SMILES string of the molecule is c1ccc2c(c1)COc1cccc3c1-c1c4ccccc4c(c4ccccc14)-c1c(cccc1OCc1ccccc1CO3)OC2. The second-order valence-electron chi connectivity index (χ2n) is 11.8. The van der Waals surface area contributed by atoms with E-state index >= 15 is 0 Å². The van der Waals surface area contributed by atoms with Gasteiger partial charge in [0.15, 0.2) is 0 Å². The van der Waals surface area contributed by atoms with E-state index in [0.717, 1.165) is 89.1 Å². The Kier molecular flexibility index (Phi) is 6.38. The fourth-order valence-corrected chi connectivity index (χ4v) is 6.96. The molecular formula is C42H30O4. The molecule has 0 fully saturated rings. The first-order chi connectivity index (χ1) is 22.8. The van der Waals surface area contributed by atoms with Gasteiger partial charge in [0, 0.05) is 11.1 Å². The first-order valence-electron chi connectivity index (χ1n) is 15.7. The minimum atomic E-state index is 0.392. The van der Waals surface area contributed by atoms with Crippen LogP contribution in [0, 0.1) is 0 Å². The van der Waals surface area contributed by atoms with Crippen molar-refractivity contribution in [3.8, 4) is 45.3 Å². The molecule has 4 aliphatic heterocycles. The standard InChI is InChI=1S/C42H30O4/c1-2-12-28-24-44-36-20-10-22-38-42(36)40-33-17-7-5-15-31(33)39(32-16-6-8-18-34(32)40)41-35(43-23-27(28)11-1)19-9-21-37(41)45-25-29-13-3-4-14-30(29)26-46-38/h1-22H,23-26H2. The highest BCUT2D eigenvalue weighted by atomic mass is 16.5. The van der Waals surface area contributed by atoms with Gasteiger partial charge in [0.1, 0.15) is 49.4 Å². The Morgan fingerprint density at radius 1 is 0.261 bits per heavy atom. The Morgan fingerprint density at radius 3 is 0.804 bits per heavy atom. The molecule has 11 rings (SSSR count). The molecule has 0 atom stereocenters. The highest BCUT2D eigenvalue weighted by Gasteiger charge is 2.26. The van der Waals surface area contributed by atoms with Gasteiger partial charge in [-0.15, -0.1) is 0 Å². The van der Waals surface area contributed by atoms with E-state index in [1.54, 1.807) is 0 Å². The normalized spacial score (nSPS) is 13.6. The van der Waals surface area contributed by atoms with Crippen LogP contribution in [0.25, 0.3) is 43.8 Å². The zero-order chi connectivity index (χ0) is 30.5. The Hall–Kier alpha value is -5.74. The van der Waals surface area contributed by atoms with Gasteiger partial charge in [-0.2, -0.15) is 0 Å². The van der Waals surface area contributed by atoms with Crippen LogP contribution >= 0.6 is 0 Å². The Labute approximate surface area is 267 Å². The molecule has 0 saturated heterocycles. The van der Waals surface area contributed by atoms with Gasteiger partial charge < -0.3 is 18.9 Å². The zero-order valence-electron chi connectivity index (χ0n) is 25.2. The van der Waals surface area contributed by atoms with Crippen molar-refractivity contribution < 1.29 is 18.9 Å². The third-order valence-corrected chi connectivity index (χ3v) is 9.18. The summed E-state index contributed by atoms with van der Waals surface area (Å²) in [5.74, 6) is 3.10. The van der Waals surface area contributed by atoms with Gasteiger partial charge in [0.05, 0.1) is 11.1 Å². The largest absolute Gasteiger partial charge is 0.488 e. The monoisotopic (exact) mass is 598 g/mol. The summed E-state index contributed by atoms with van der Waals surface area (Å²) in [6.45, 7) is 1.57. The van der Waals surface area contributed by atoms with Crippen molar-refractivity contribution in [1.82, 2.24) is 0 Å². The van der Waals surface area contributed by atoms with Gasteiger partial charge in [-0.25, -0.2) is 0 Å². The van der Waals surface area contributed by atoms with Crippen molar-refractivity contribution in [2.45, 2.75) is 26.4 Å². The van der Waals surface area contributed by atoms with Gasteiger partial charge in [-0.1, -0.05) is 109 Å². The maximum atomic E-state index is 6.77. The smallest absolute Gasteiger partial charge is 0.131 e. The molecular weight excluding hydrogens is 568 g/mol. The topological polar surface area (TPSA) is 36.9 Å². The quantitative estimate of drug-likeness (QED) is 0.163. The van der Waals surface area contributed by atoms with Gasteiger partial charge >= 0.3 is 0 Å². The van der Waals surface area contributed by atoms with Crippen LogP contribution in [-0.4, -0.2) is 0 Å². The summed E-state index contributed by atoms with van der Waals surface area (Å²) in [7, 11) is 0. The lowest BCUT2D eigenvalue weighted by atomic mass is 9.85. The fraction of sp³-hybridized carbons (Fsp3) is 0.0952. The number of ether oxygens (including phenoxy) is 4. The van der Waals surface area contributed by atoms with Crippen molar-refractivity contribution in [2.75, 3.05) is 0 Å². The molecule has 0 N–H and O–H groups in total. The molecule has 4 aliphatic rings. The van der Waals surface area contributed by atoms with E-state index in [0.29, 0.717) is 26.4 Å². The summed E-state index contributed by atoms with van der Waals surface area (Å²) in [5.41, 5.74) is 8.36. The lowest BCUT2D eigenvalue weighted by molar-refractivity contribution is 0.272. The maximum absolute atomic E-state index is 6.77. The average Bonchev–Trinajstić information content (AvgIpc) is 3.11. The molecule has 0 spiro atoms. The van der Waals surface area contributed by atoms with E-state index < -0.39 is 0 Å². The first kappa shape index (κ1) is 26.6. The van der Waals surface area contributed by atoms with E-state index in [2.05, 4.69) is 97.1 Å². The van der Waals surface area contributed by atoms with Crippen LogP contribution in [0.3, 0.4) is 0 Å². The van der Waals surface area contributed by atoms with Crippen LogP contribution in [-0.2, 0) is 26.4 Å². The molecule has 222 valence electrons. The number of fused-ring (bicyclic) bond motifs is 4. The Bertz CT molecular complexity index is 1980. The fourth-order valence-electron chi connectivity index (χ4n) is 6.96. The summed E-state index contributed by atoms with van der Waals surface area (Å²) >= 11 is 0. The average molecular weight is 599 g/mol. The molecule has 0 amide bonds. The van der Waals surface area contributed by atoms with Crippen LogP contribution in [0.4, 0.5) is 0 Å². The molecule has 7 aromatic carbocycles. The molecule has 4 heteroatoms. The molecule has 46 heavy (non-hydrogen) atoms. The molecule has 0 radical (unpaired) electrons. The van der Waals surface area contributed by atoms with E-state index in [1.807, 2.05) is 36.4 Å². The number of benzene rings is 7. The number of hydrogen-bond acceptors (Lipinski definition) is 4. The Morgan fingerprint density at radius 2 is 0.522 bits per heavy atom. The number of hydrogen-bond donors (Lipinski definition) is 0. The molecule has 4 heterocycles. The summed E-state index contributed by atoms with van der Waals surface area (Å²) in [6.07, 6.45) is 0. The lowest BCUT2D eigenvalue weighted by Crippen LogP contribution is -2.09. The van der Waals surface area contributed by atoms with Crippen LogP contribution in [0.15, 0.2) is 133 Å². The minimum Gasteiger partial charge on any atom is -0.488 e. The zero-order valence-corrected chi connectivity index (χ0v) is 25.2. The Balaban J connectivity index is 1.47. The minimum absolute atomic E-state index is 0.392. The highest BCUT2D eigenvalue weighted by Crippen LogP contribution is 2.52. The van der Waals surface area contributed by atoms with E-state index in [9.17, 15) is 0 Å². The number of rotatable bonds is 0. The third-order valence-electron chi connectivity index (χ3n) is 9.18. The van der Waals surface area contributed by atoms with Crippen molar-refractivity contribution in [1.29, 1.82) is 0 Å². The van der Waals surface area contributed by atoms with Gasteiger partial charge in [-0.05, 0) is 68.1 Å². The molecule has 7 aromatic rings. The van der Waals surface area contributed by atoms with Crippen molar-refractivity contribution in [3.63, 3.8) is 0 Å². The molecule has 4 nitrogen and oxygen atoms in total. The molecule has 0 saturated carbocycles. The second-order valence-corrected chi connectivity index (χ2v) is 11.8. The summed E-state index contributed by atoms with van der Waals surface area (Å²) in [6, 6.07) is 46.1. The van der Waals surface area contributed by atoms with Gasteiger partial charge in [0.25, 0.3) is 0 Å². The highest BCUT2D eigenvalue weighted by molar-refractivity contribution is 6.23. The van der Waals surface area contributed by atoms with Crippen LogP contribution in [0.2, 0.25) is 0 Å². The summed E-state index contributed by atoms with van der Waals surface area (Å²) in [4.78, 5) is 0. The van der Waals surface area contributed by atoms with Gasteiger partial charge in [-0.3, -0.25) is 0 Å². The lowest BCUT2D eigenvalue weighted by Gasteiger charge is -2.25. The van der Waals surface area contributed by atoms with Crippen molar-refractivity contribution >= 4 is 21.5 Å². The van der Waals surface area contributed by atoms with E-state index in [1.165, 1.54) is 0 Å².